The first-order valence-corrected chi connectivity index (χ1v) is 7.91. The van der Waals surface area contributed by atoms with E-state index in [4.69, 9.17) is 0 Å². The molecule has 16 heavy (non-hydrogen) atoms. The van der Waals surface area contributed by atoms with Crippen LogP contribution in [0.5, 0.6) is 0 Å². The quantitative estimate of drug-likeness (QED) is 0.802. The molecule has 0 aliphatic rings. The molecule has 4 heteroatoms. The fourth-order valence-electron chi connectivity index (χ4n) is 1.36. The molecule has 0 aliphatic heterocycles. The highest BCUT2D eigenvalue weighted by molar-refractivity contribution is 9.10. The highest BCUT2D eigenvalue weighted by Crippen LogP contribution is 2.29. The molecule has 0 unspecified atom stereocenters. The molecule has 0 radical (unpaired) electrons. The summed E-state index contributed by atoms with van der Waals surface area (Å²) < 4.78 is 1.11. The van der Waals surface area contributed by atoms with Gasteiger partial charge in [0.15, 0.2) is 0 Å². The van der Waals surface area contributed by atoms with E-state index in [1.807, 2.05) is 23.9 Å². The normalized spacial score (nSPS) is 10.6. The molecule has 2 aromatic rings. The zero-order valence-corrected chi connectivity index (χ0v) is 12.2. The van der Waals surface area contributed by atoms with Gasteiger partial charge in [-0.1, -0.05) is 41.1 Å². The molecule has 0 aliphatic carbocycles. The highest BCUT2D eigenvalue weighted by Gasteiger charge is 2.06. The molecule has 84 valence electrons. The summed E-state index contributed by atoms with van der Waals surface area (Å²) in [6, 6.07) is 8.21. The molecule has 0 fully saturated rings. The molecule has 0 N–H and O–H groups in total. The van der Waals surface area contributed by atoms with Crippen molar-refractivity contribution in [1.82, 2.24) is 4.98 Å². The zero-order chi connectivity index (χ0) is 11.4. The molecule has 0 spiro atoms. The Bertz CT molecular complexity index is 468. The molecule has 1 nitrogen and oxygen atoms in total. The van der Waals surface area contributed by atoms with Crippen LogP contribution in [-0.4, -0.2) is 10.7 Å². The first-order valence-electron chi connectivity index (χ1n) is 5.08. The summed E-state index contributed by atoms with van der Waals surface area (Å²) in [7, 11) is 0. The van der Waals surface area contributed by atoms with Gasteiger partial charge in [-0.25, -0.2) is 4.98 Å². The third kappa shape index (κ3) is 2.87. The molecule has 0 bridgehead atoms. The topological polar surface area (TPSA) is 12.9 Å². The van der Waals surface area contributed by atoms with Crippen LogP contribution in [0, 0.1) is 0 Å². The molecule has 1 aromatic carbocycles. The molecule has 1 aromatic heterocycles. The second-order valence-corrected chi connectivity index (χ2v) is 6.31. The maximum Gasteiger partial charge on any atom is 0.103 e. The van der Waals surface area contributed by atoms with E-state index < -0.39 is 0 Å². The van der Waals surface area contributed by atoms with Gasteiger partial charge in [-0.05, 0) is 11.8 Å². The van der Waals surface area contributed by atoms with Gasteiger partial charge in [0, 0.05) is 21.2 Å². The third-order valence-corrected chi connectivity index (χ3v) is 4.74. The van der Waals surface area contributed by atoms with Gasteiger partial charge in [0.2, 0.25) is 0 Å². The Morgan fingerprint density at radius 2 is 2.19 bits per heavy atom. The molecule has 1 heterocycles. The molecule has 0 atom stereocenters. The summed E-state index contributed by atoms with van der Waals surface area (Å²) in [5.41, 5.74) is 2.25. The first kappa shape index (κ1) is 12.1. The number of hydrogen-bond donors (Lipinski definition) is 0. The van der Waals surface area contributed by atoms with Gasteiger partial charge in [-0.2, -0.15) is 11.8 Å². The molecule has 2 rings (SSSR count). The van der Waals surface area contributed by atoms with Crippen LogP contribution < -0.4 is 0 Å². The van der Waals surface area contributed by atoms with Crippen molar-refractivity contribution in [3.8, 4) is 11.3 Å². The number of halogens is 1. The average Bonchev–Trinajstić information content (AvgIpc) is 2.75. The fraction of sp³-hybridized carbons (Fsp3) is 0.250. The number of nitrogens with zero attached hydrogens (tertiary/aromatic N) is 1. The van der Waals surface area contributed by atoms with E-state index in [1.165, 1.54) is 10.6 Å². The summed E-state index contributed by atoms with van der Waals surface area (Å²) in [5.74, 6) is 2.16. The minimum atomic E-state index is 1.02. The SMILES string of the molecule is CCSCc1nc(-c2ccccc2Br)cs1. The number of aromatic nitrogens is 1. The van der Waals surface area contributed by atoms with Crippen molar-refractivity contribution in [3.05, 3.63) is 39.1 Å². The van der Waals surface area contributed by atoms with E-state index in [2.05, 4.69) is 45.4 Å². The van der Waals surface area contributed by atoms with Gasteiger partial charge >= 0.3 is 0 Å². The van der Waals surface area contributed by atoms with Crippen LogP contribution in [0.3, 0.4) is 0 Å². The standard InChI is InChI=1S/C12H12BrNS2/c1-2-15-8-12-14-11(7-16-12)9-5-3-4-6-10(9)13/h3-7H,2,8H2,1H3. The van der Waals surface area contributed by atoms with Crippen LogP contribution in [0.1, 0.15) is 11.9 Å². The van der Waals surface area contributed by atoms with Gasteiger partial charge < -0.3 is 0 Å². The van der Waals surface area contributed by atoms with E-state index in [9.17, 15) is 0 Å². The lowest BCUT2D eigenvalue weighted by Crippen LogP contribution is -1.82. The van der Waals surface area contributed by atoms with E-state index >= 15 is 0 Å². The number of thiazole rings is 1. The second kappa shape index (κ2) is 5.84. The van der Waals surface area contributed by atoms with Gasteiger partial charge in [0.1, 0.15) is 5.01 Å². The number of thioether (sulfide) groups is 1. The van der Waals surface area contributed by atoms with Crippen LogP contribution in [0.2, 0.25) is 0 Å². The molecule has 0 saturated heterocycles. The minimum Gasteiger partial charge on any atom is -0.240 e. The molecular weight excluding hydrogens is 302 g/mol. The number of hydrogen-bond acceptors (Lipinski definition) is 3. The minimum absolute atomic E-state index is 1.02. The zero-order valence-electron chi connectivity index (χ0n) is 8.94. The van der Waals surface area contributed by atoms with E-state index in [0.29, 0.717) is 0 Å². The maximum atomic E-state index is 4.65. The average molecular weight is 314 g/mol. The number of benzene rings is 1. The van der Waals surface area contributed by atoms with E-state index in [-0.39, 0.29) is 0 Å². The summed E-state index contributed by atoms with van der Waals surface area (Å²) >= 11 is 7.20. The Morgan fingerprint density at radius 3 is 2.94 bits per heavy atom. The van der Waals surface area contributed by atoms with Gasteiger partial charge in [-0.3, -0.25) is 0 Å². The van der Waals surface area contributed by atoms with Crippen LogP contribution >= 0.6 is 39.0 Å². The molecular formula is C12H12BrNS2. The Labute approximate surface area is 112 Å². The lowest BCUT2D eigenvalue weighted by Gasteiger charge is -1.99. The fourth-order valence-corrected chi connectivity index (χ4v) is 3.39. The van der Waals surface area contributed by atoms with Crippen molar-refractivity contribution in [1.29, 1.82) is 0 Å². The predicted octanol–water partition coefficient (Wildman–Crippen LogP) is 4.83. The van der Waals surface area contributed by atoms with Gasteiger partial charge in [0.05, 0.1) is 5.69 Å². The van der Waals surface area contributed by atoms with Crippen molar-refractivity contribution in [2.24, 2.45) is 0 Å². The highest BCUT2D eigenvalue weighted by atomic mass is 79.9. The molecule has 0 amide bonds. The second-order valence-electron chi connectivity index (χ2n) is 3.24. The van der Waals surface area contributed by atoms with Crippen LogP contribution in [0.4, 0.5) is 0 Å². The Morgan fingerprint density at radius 1 is 1.38 bits per heavy atom. The van der Waals surface area contributed by atoms with Crippen molar-refractivity contribution in [2.75, 3.05) is 5.75 Å². The van der Waals surface area contributed by atoms with Crippen LogP contribution in [-0.2, 0) is 5.75 Å². The summed E-state index contributed by atoms with van der Waals surface area (Å²) in [6.07, 6.45) is 0. The van der Waals surface area contributed by atoms with Crippen molar-refractivity contribution >= 4 is 39.0 Å². The van der Waals surface area contributed by atoms with Crippen molar-refractivity contribution in [2.45, 2.75) is 12.7 Å². The van der Waals surface area contributed by atoms with Crippen molar-refractivity contribution in [3.63, 3.8) is 0 Å². The van der Waals surface area contributed by atoms with E-state index in [0.717, 1.165) is 21.7 Å². The maximum absolute atomic E-state index is 4.65. The summed E-state index contributed by atoms with van der Waals surface area (Å²) in [6.45, 7) is 2.17. The largest absolute Gasteiger partial charge is 0.240 e. The summed E-state index contributed by atoms with van der Waals surface area (Å²) in [4.78, 5) is 4.65. The summed E-state index contributed by atoms with van der Waals surface area (Å²) in [5, 5.41) is 3.34. The van der Waals surface area contributed by atoms with Crippen LogP contribution in [0.25, 0.3) is 11.3 Å². The monoisotopic (exact) mass is 313 g/mol. The van der Waals surface area contributed by atoms with Gasteiger partial charge in [-0.15, -0.1) is 11.3 Å². The Balaban J connectivity index is 2.22. The smallest absolute Gasteiger partial charge is 0.103 e. The Hall–Kier alpha value is -0.320. The lowest BCUT2D eigenvalue weighted by molar-refractivity contribution is 1.26. The van der Waals surface area contributed by atoms with E-state index in [1.54, 1.807) is 11.3 Å². The molecule has 0 saturated carbocycles. The van der Waals surface area contributed by atoms with Gasteiger partial charge in [0.25, 0.3) is 0 Å². The third-order valence-electron chi connectivity index (χ3n) is 2.13. The van der Waals surface area contributed by atoms with Crippen molar-refractivity contribution < 1.29 is 0 Å². The predicted molar refractivity (Wildman–Crippen MR) is 77.1 cm³/mol. The van der Waals surface area contributed by atoms with Crippen LogP contribution in [0.15, 0.2) is 34.1 Å². The lowest BCUT2D eigenvalue weighted by atomic mass is 10.2. The number of rotatable bonds is 4. The first-order chi connectivity index (χ1) is 7.81. The Kier molecular flexibility index (Phi) is 4.44.